The lowest BCUT2D eigenvalue weighted by Crippen LogP contribution is -2.26. The summed E-state index contributed by atoms with van der Waals surface area (Å²) in [5.74, 6) is 0. The molecule has 2 aliphatic carbocycles. The van der Waals surface area contributed by atoms with Gasteiger partial charge in [0.15, 0.2) is 0 Å². The zero-order chi connectivity index (χ0) is 28.3. The van der Waals surface area contributed by atoms with Crippen LogP contribution in [0.4, 0.5) is 0 Å². The topological polar surface area (TPSA) is 13.1 Å². The Morgan fingerprint density at radius 2 is 1.12 bits per heavy atom. The maximum atomic E-state index is 6.24. The highest BCUT2D eigenvalue weighted by Crippen LogP contribution is 2.64. The van der Waals surface area contributed by atoms with Gasteiger partial charge in [-0.15, -0.1) is 0 Å². The lowest BCUT2D eigenvalue weighted by molar-refractivity contribution is 0.667. The molecule has 0 bridgehead atoms. The molecule has 0 aliphatic heterocycles. The predicted octanol–water partition coefficient (Wildman–Crippen LogP) is 11.5. The Bertz CT molecular complexity index is 2470. The van der Waals surface area contributed by atoms with Crippen molar-refractivity contribution in [1.82, 2.24) is 0 Å². The van der Waals surface area contributed by atoms with Crippen molar-refractivity contribution in [2.75, 3.05) is 0 Å². The van der Waals surface area contributed by atoms with Crippen molar-refractivity contribution in [2.24, 2.45) is 0 Å². The molecule has 1 spiro atoms. The molecule has 0 saturated carbocycles. The summed E-state index contributed by atoms with van der Waals surface area (Å²) in [6.07, 6.45) is 0. The lowest BCUT2D eigenvalue weighted by Gasteiger charge is -2.31. The fraction of sp³-hybridized carbons (Fsp3) is 0.0244. The second kappa shape index (κ2) is 8.34. The van der Waals surface area contributed by atoms with Crippen molar-refractivity contribution in [3.05, 3.63) is 166 Å². The van der Waals surface area contributed by atoms with Gasteiger partial charge in [-0.1, -0.05) is 115 Å². The summed E-state index contributed by atoms with van der Waals surface area (Å²) in [5, 5.41) is 4.85. The first-order valence-corrected chi connectivity index (χ1v) is 15.5. The highest BCUT2D eigenvalue weighted by atomic mass is 79.9. The molecule has 10 rings (SSSR count). The molecule has 1 nitrogen and oxygen atoms in total. The number of halogens is 1. The van der Waals surface area contributed by atoms with Gasteiger partial charge < -0.3 is 4.42 Å². The van der Waals surface area contributed by atoms with Crippen molar-refractivity contribution < 1.29 is 4.42 Å². The van der Waals surface area contributed by atoms with E-state index in [9.17, 15) is 0 Å². The van der Waals surface area contributed by atoms with Crippen molar-refractivity contribution >= 4 is 48.6 Å². The molecule has 7 aromatic carbocycles. The van der Waals surface area contributed by atoms with E-state index in [1.165, 1.54) is 66.4 Å². The fourth-order valence-corrected chi connectivity index (χ4v) is 8.59. The molecule has 0 fully saturated rings. The van der Waals surface area contributed by atoms with Crippen LogP contribution in [0.1, 0.15) is 22.3 Å². The van der Waals surface area contributed by atoms with E-state index in [0.29, 0.717) is 0 Å². The number of furan rings is 1. The van der Waals surface area contributed by atoms with Gasteiger partial charge in [0.25, 0.3) is 0 Å². The van der Waals surface area contributed by atoms with Crippen LogP contribution in [0.2, 0.25) is 0 Å². The van der Waals surface area contributed by atoms with E-state index in [0.717, 1.165) is 26.4 Å². The molecular formula is C41H23BrO. The smallest absolute Gasteiger partial charge is 0.149 e. The minimum atomic E-state index is -0.404. The highest BCUT2D eigenvalue weighted by molar-refractivity contribution is 9.10. The van der Waals surface area contributed by atoms with Crippen LogP contribution < -0.4 is 0 Å². The van der Waals surface area contributed by atoms with Gasteiger partial charge in [0, 0.05) is 10.8 Å². The van der Waals surface area contributed by atoms with Gasteiger partial charge in [0.05, 0.1) is 9.89 Å². The Morgan fingerprint density at radius 3 is 1.95 bits per heavy atom. The van der Waals surface area contributed by atoms with Gasteiger partial charge in [0.2, 0.25) is 0 Å². The van der Waals surface area contributed by atoms with E-state index in [4.69, 9.17) is 4.42 Å². The Balaban J connectivity index is 1.32. The van der Waals surface area contributed by atoms with E-state index in [1.807, 2.05) is 12.1 Å². The van der Waals surface area contributed by atoms with Crippen LogP contribution in [0, 0.1) is 0 Å². The molecule has 200 valence electrons. The predicted molar refractivity (Wildman–Crippen MR) is 181 cm³/mol. The molecule has 0 N–H and O–H groups in total. The number of benzene rings is 7. The molecule has 43 heavy (non-hydrogen) atoms. The van der Waals surface area contributed by atoms with Gasteiger partial charge >= 0.3 is 0 Å². The first kappa shape index (κ1) is 23.6. The molecule has 1 atom stereocenters. The number of fused-ring (bicyclic) bond motifs is 15. The summed E-state index contributed by atoms with van der Waals surface area (Å²) in [5.41, 5.74) is 14.5. The Hall–Kier alpha value is -4.92. The first-order valence-electron chi connectivity index (χ1n) is 14.7. The van der Waals surface area contributed by atoms with Crippen molar-refractivity contribution in [3.8, 4) is 33.4 Å². The Morgan fingerprint density at radius 1 is 0.465 bits per heavy atom. The van der Waals surface area contributed by atoms with Gasteiger partial charge in [-0.25, -0.2) is 0 Å². The molecule has 1 aromatic heterocycles. The second-order valence-corrected chi connectivity index (χ2v) is 12.6. The van der Waals surface area contributed by atoms with Crippen LogP contribution in [0.3, 0.4) is 0 Å². The van der Waals surface area contributed by atoms with Gasteiger partial charge in [-0.2, -0.15) is 0 Å². The number of rotatable bonds is 1. The van der Waals surface area contributed by atoms with Crippen LogP contribution in [0.15, 0.2) is 148 Å². The summed E-state index contributed by atoms with van der Waals surface area (Å²) in [4.78, 5) is 0. The van der Waals surface area contributed by atoms with Gasteiger partial charge in [0.1, 0.15) is 11.2 Å². The average molecular weight is 612 g/mol. The number of para-hydroxylation sites is 1. The summed E-state index contributed by atoms with van der Waals surface area (Å²) in [6.45, 7) is 0. The SMILES string of the molecule is Brc1cc(-c2ccc3c(c2)C2(c4ccccc4-3)c3ccccc3-c3ccc4ccccc4c32)cc2c1oc1ccccc12. The molecule has 2 aliphatic rings. The molecule has 2 heteroatoms. The van der Waals surface area contributed by atoms with Crippen molar-refractivity contribution in [1.29, 1.82) is 0 Å². The zero-order valence-corrected chi connectivity index (χ0v) is 24.7. The average Bonchev–Trinajstić information content (AvgIpc) is 3.69. The largest absolute Gasteiger partial charge is 0.455 e. The standard InChI is InChI=1S/C41H23BrO/c42-37-23-26(21-33-31-13-5-8-16-38(31)43-40(33)37)25-18-19-30-28-11-3-6-14-34(28)41(36(30)22-25)35-15-7-4-12-29(35)32-20-17-24-9-1-2-10-27(24)39(32)41/h1-23H. The lowest BCUT2D eigenvalue weighted by atomic mass is 9.69. The maximum absolute atomic E-state index is 6.24. The van der Waals surface area contributed by atoms with Crippen LogP contribution in [-0.2, 0) is 5.41 Å². The van der Waals surface area contributed by atoms with Crippen LogP contribution in [0.5, 0.6) is 0 Å². The number of hydrogen-bond acceptors (Lipinski definition) is 1. The first-order chi connectivity index (χ1) is 21.2. The maximum Gasteiger partial charge on any atom is 0.149 e. The molecule has 1 unspecified atom stereocenters. The van der Waals surface area contributed by atoms with E-state index < -0.39 is 5.41 Å². The zero-order valence-electron chi connectivity index (χ0n) is 23.1. The second-order valence-electron chi connectivity index (χ2n) is 11.7. The highest BCUT2D eigenvalue weighted by Gasteiger charge is 2.52. The summed E-state index contributed by atoms with van der Waals surface area (Å²) >= 11 is 3.84. The summed E-state index contributed by atoms with van der Waals surface area (Å²) in [7, 11) is 0. The molecule has 0 saturated heterocycles. The third-order valence-electron chi connectivity index (χ3n) is 9.74. The molecule has 0 amide bonds. The van der Waals surface area contributed by atoms with Gasteiger partial charge in [-0.05, 0) is 107 Å². The normalized spacial score (nSPS) is 16.1. The van der Waals surface area contributed by atoms with Crippen LogP contribution in [0.25, 0.3) is 66.1 Å². The third-order valence-corrected chi connectivity index (χ3v) is 10.3. The molecule has 8 aromatic rings. The Kier molecular flexibility index (Phi) is 4.58. The minimum Gasteiger partial charge on any atom is -0.455 e. The summed E-state index contributed by atoms with van der Waals surface area (Å²) in [6, 6.07) is 51.4. The van der Waals surface area contributed by atoms with E-state index in [1.54, 1.807) is 0 Å². The fourth-order valence-electron chi connectivity index (χ4n) is 8.05. The van der Waals surface area contributed by atoms with Crippen molar-refractivity contribution in [3.63, 3.8) is 0 Å². The molecular weight excluding hydrogens is 588 g/mol. The van der Waals surface area contributed by atoms with E-state index >= 15 is 0 Å². The monoisotopic (exact) mass is 610 g/mol. The quantitative estimate of drug-likeness (QED) is 0.180. The minimum absolute atomic E-state index is 0.404. The summed E-state index contributed by atoms with van der Waals surface area (Å²) < 4.78 is 7.21. The third kappa shape index (κ3) is 2.92. The van der Waals surface area contributed by atoms with E-state index in [2.05, 4.69) is 143 Å². The van der Waals surface area contributed by atoms with Crippen molar-refractivity contribution in [2.45, 2.75) is 5.41 Å². The van der Waals surface area contributed by atoms with Crippen LogP contribution >= 0.6 is 15.9 Å². The Labute approximate surface area is 257 Å². The molecule has 0 radical (unpaired) electrons. The van der Waals surface area contributed by atoms with Crippen LogP contribution in [-0.4, -0.2) is 0 Å². The van der Waals surface area contributed by atoms with Gasteiger partial charge in [-0.3, -0.25) is 0 Å². The van der Waals surface area contributed by atoms with E-state index in [-0.39, 0.29) is 0 Å². The molecule has 1 heterocycles. The number of hydrogen-bond donors (Lipinski definition) is 0.